The maximum Gasteiger partial charge on any atom is 0.227 e. The summed E-state index contributed by atoms with van der Waals surface area (Å²) in [7, 11) is 3.71. The third-order valence-corrected chi connectivity index (χ3v) is 6.48. The van der Waals surface area contributed by atoms with E-state index in [1.807, 2.05) is 18.2 Å². The van der Waals surface area contributed by atoms with Gasteiger partial charge >= 0.3 is 0 Å². The summed E-state index contributed by atoms with van der Waals surface area (Å²) in [6.45, 7) is 8.95. The molecule has 5 heteroatoms. The molecule has 2 unspecified atom stereocenters. The second-order valence-electron chi connectivity index (χ2n) is 8.88. The minimum absolute atomic E-state index is 0.219. The summed E-state index contributed by atoms with van der Waals surface area (Å²) in [4.78, 5) is 17.0. The van der Waals surface area contributed by atoms with Gasteiger partial charge in [-0.25, -0.2) is 0 Å². The molecule has 0 aromatic heterocycles. The van der Waals surface area contributed by atoms with Gasteiger partial charge in [0.05, 0.1) is 24.2 Å². The first kappa shape index (κ1) is 24.1. The molecule has 0 saturated carbocycles. The SMILES string of the molecule is C/C=C\C(=C/C(C)CC)CN1C(=COC)C(CNC)Cc2cccc(N3CCCC3=O)c21. The predicted molar refractivity (Wildman–Crippen MR) is 134 cm³/mol. The number of nitrogens with zero attached hydrogens (tertiary/aromatic N) is 2. The second-order valence-corrected chi connectivity index (χ2v) is 8.88. The summed E-state index contributed by atoms with van der Waals surface area (Å²) < 4.78 is 5.58. The largest absolute Gasteiger partial charge is 0.503 e. The number of ether oxygens (including phenoxy) is 1. The van der Waals surface area contributed by atoms with Crippen LogP contribution >= 0.6 is 0 Å². The molecule has 2 aliphatic heterocycles. The lowest BCUT2D eigenvalue weighted by Gasteiger charge is -2.41. The van der Waals surface area contributed by atoms with Crippen LogP contribution in [0.4, 0.5) is 11.4 Å². The van der Waals surface area contributed by atoms with E-state index in [0.717, 1.165) is 56.0 Å². The summed E-state index contributed by atoms with van der Waals surface area (Å²) in [5.41, 5.74) is 5.91. The van der Waals surface area contributed by atoms with E-state index in [1.165, 1.54) is 11.1 Å². The number of amides is 1. The molecule has 1 amide bonds. The van der Waals surface area contributed by atoms with Crippen molar-refractivity contribution in [3.63, 3.8) is 0 Å². The van der Waals surface area contributed by atoms with Crippen molar-refractivity contribution in [2.45, 2.75) is 46.5 Å². The van der Waals surface area contributed by atoms with Gasteiger partial charge in [0.2, 0.25) is 5.91 Å². The summed E-state index contributed by atoms with van der Waals surface area (Å²) >= 11 is 0. The van der Waals surface area contributed by atoms with Crippen molar-refractivity contribution in [2.75, 3.05) is 43.6 Å². The highest BCUT2D eigenvalue weighted by molar-refractivity contribution is 5.99. The fraction of sp³-hybridized carbons (Fsp3) is 0.519. The quantitative estimate of drug-likeness (QED) is 0.434. The van der Waals surface area contributed by atoms with Gasteiger partial charge in [0.1, 0.15) is 6.26 Å². The Bertz CT molecular complexity index is 887. The lowest BCUT2D eigenvalue weighted by Crippen LogP contribution is -2.40. The number of anilines is 2. The Hall–Kier alpha value is -2.53. The van der Waals surface area contributed by atoms with Gasteiger partial charge in [-0.2, -0.15) is 0 Å². The van der Waals surface area contributed by atoms with E-state index >= 15 is 0 Å². The Balaban J connectivity index is 2.15. The zero-order valence-electron chi connectivity index (χ0n) is 20.4. The molecule has 2 heterocycles. The topological polar surface area (TPSA) is 44.8 Å². The molecule has 1 fully saturated rings. The number of carbonyl (C=O) groups is 1. The predicted octanol–water partition coefficient (Wildman–Crippen LogP) is 5.05. The van der Waals surface area contributed by atoms with Gasteiger partial charge in [-0.3, -0.25) is 4.79 Å². The molecule has 2 atom stereocenters. The van der Waals surface area contributed by atoms with Crippen LogP contribution in [0.3, 0.4) is 0 Å². The van der Waals surface area contributed by atoms with Crippen LogP contribution in [0.2, 0.25) is 0 Å². The molecule has 3 rings (SSSR count). The third-order valence-electron chi connectivity index (χ3n) is 6.48. The van der Waals surface area contributed by atoms with E-state index in [9.17, 15) is 4.79 Å². The van der Waals surface area contributed by atoms with Crippen molar-refractivity contribution < 1.29 is 9.53 Å². The van der Waals surface area contributed by atoms with Gasteiger partial charge in [0.25, 0.3) is 0 Å². The smallest absolute Gasteiger partial charge is 0.227 e. The average molecular weight is 438 g/mol. The minimum Gasteiger partial charge on any atom is -0.503 e. The minimum atomic E-state index is 0.219. The first-order valence-corrected chi connectivity index (χ1v) is 11.9. The maximum atomic E-state index is 12.7. The first-order valence-electron chi connectivity index (χ1n) is 11.9. The molecule has 0 radical (unpaired) electrons. The Morgan fingerprint density at radius 3 is 2.81 bits per heavy atom. The van der Waals surface area contributed by atoms with Crippen LogP contribution in [-0.4, -0.2) is 39.7 Å². The Morgan fingerprint density at radius 1 is 1.38 bits per heavy atom. The summed E-state index contributed by atoms with van der Waals surface area (Å²) in [6.07, 6.45) is 12.2. The fourth-order valence-electron chi connectivity index (χ4n) is 4.81. The summed E-state index contributed by atoms with van der Waals surface area (Å²) in [5, 5.41) is 3.36. The number of hydrogen-bond donors (Lipinski definition) is 1. The summed E-state index contributed by atoms with van der Waals surface area (Å²) in [5.74, 6) is 1.02. The molecule has 5 nitrogen and oxygen atoms in total. The van der Waals surface area contributed by atoms with E-state index in [1.54, 1.807) is 7.11 Å². The Labute approximate surface area is 193 Å². The monoisotopic (exact) mass is 437 g/mol. The molecule has 1 saturated heterocycles. The third kappa shape index (κ3) is 5.26. The number of fused-ring (bicyclic) bond motifs is 1. The van der Waals surface area contributed by atoms with Gasteiger partial charge in [-0.05, 0) is 49.9 Å². The molecular weight excluding hydrogens is 398 g/mol. The molecule has 1 N–H and O–H groups in total. The van der Waals surface area contributed by atoms with Crippen molar-refractivity contribution in [2.24, 2.45) is 11.8 Å². The molecule has 2 aliphatic rings. The van der Waals surface area contributed by atoms with Crippen LogP contribution in [0.1, 0.15) is 45.6 Å². The lowest BCUT2D eigenvalue weighted by atomic mass is 9.88. The van der Waals surface area contributed by atoms with Crippen LogP contribution in [-0.2, 0) is 16.0 Å². The number of methoxy groups -OCH3 is 1. The van der Waals surface area contributed by atoms with E-state index in [2.05, 4.69) is 67.4 Å². The highest BCUT2D eigenvalue weighted by atomic mass is 16.5. The number of benzene rings is 1. The number of rotatable bonds is 9. The fourth-order valence-corrected chi connectivity index (χ4v) is 4.81. The van der Waals surface area contributed by atoms with Crippen LogP contribution in [0.5, 0.6) is 0 Å². The van der Waals surface area contributed by atoms with Gasteiger partial charge in [-0.15, -0.1) is 0 Å². The molecule has 1 aromatic rings. The van der Waals surface area contributed by atoms with Crippen LogP contribution in [0, 0.1) is 11.8 Å². The van der Waals surface area contributed by atoms with Crippen LogP contribution in [0.15, 0.2) is 54.0 Å². The van der Waals surface area contributed by atoms with Crippen molar-refractivity contribution in [3.05, 3.63) is 59.5 Å². The highest BCUT2D eigenvalue weighted by Crippen LogP contribution is 2.44. The van der Waals surface area contributed by atoms with E-state index in [-0.39, 0.29) is 5.91 Å². The highest BCUT2D eigenvalue weighted by Gasteiger charge is 2.34. The normalized spacial score (nSPS) is 21.5. The standard InChI is InChI=1S/C27H39N3O2/c1-6-10-21(15-20(3)7-2)18-30-25(19-32-5)23(17-28-4)16-22-11-8-12-24(27(22)30)29-14-9-13-26(29)31/h6,8,10-12,15,19-20,23,28H,7,9,13-14,16-18H2,1-5H3/b10-6-,21-15+,25-19?. The lowest BCUT2D eigenvalue weighted by molar-refractivity contribution is -0.117. The number of para-hydroxylation sites is 1. The molecule has 174 valence electrons. The van der Waals surface area contributed by atoms with Crippen LogP contribution in [0.25, 0.3) is 0 Å². The van der Waals surface area contributed by atoms with Gasteiger partial charge in [0, 0.05) is 32.0 Å². The number of allylic oxidation sites excluding steroid dienone is 2. The molecular formula is C27H39N3O2. The van der Waals surface area contributed by atoms with Gasteiger partial charge < -0.3 is 19.9 Å². The first-order chi connectivity index (χ1) is 15.5. The van der Waals surface area contributed by atoms with Gasteiger partial charge in [-0.1, -0.05) is 50.6 Å². The maximum absolute atomic E-state index is 12.7. The molecule has 32 heavy (non-hydrogen) atoms. The average Bonchev–Trinajstić information content (AvgIpc) is 3.21. The van der Waals surface area contributed by atoms with Crippen molar-refractivity contribution in [1.82, 2.24) is 5.32 Å². The molecule has 0 bridgehead atoms. The molecule has 1 aromatic carbocycles. The second kappa shape index (κ2) is 11.4. The van der Waals surface area contributed by atoms with Crippen LogP contribution < -0.4 is 15.1 Å². The van der Waals surface area contributed by atoms with E-state index in [4.69, 9.17) is 4.74 Å². The van der Waals surface area contributed by atoms with Crippen molar-refractivity contribution in [1.29, 1.82) is 0 Å². The van der Waals surface area contributed by atoms with E-state index in [0.29, 0.717) is 18.3 Å². The molecule has 0 aliphatic carbocycles. The zero-order valence-corrected chi connectivity index (χ0v) is 20.4. The summed E-state index contributed by atoms with van der Waals surface area (Å²) in [6, 6.07) is 6.42. The Kier molecular flexibility index (Phi) is 8.57. The number of hydrogen-bond acceptors (Lipinski definition) is 4. The van der Waals surface area contributed by atoms with E-state index < -0.39 is 0 Å². The number of nitrogens with one attached hydrogen (secondary N) is 1. The van der Waals surface area contributed by atoms with Crippen molar-refractivity contribution in [3.8, 4) is 0 Å². The Morgan fingerprint density at radius 2 is 2.19 bits per heavy atom. The van der Waals surface area contributed by atoms with Crippen molar-refractivity contribution >= 4 is 17.3 Å². The van der Waals surface area contributed by atoms with Gasteiger partial charge in [0.15, 0.2) is 0 Å². The number of carbonyl (C=O) groups excluding carboxylic acids is 1. The zero-order chi connectivity index (χ0) is 23.1. The molecule has 0 spiro atoms.